The summed E-state index contributed by atoms with van der Waals surface area (Å²) >= 11 is 1.95. The molecule has 0 saturated carbocycles. The Morgan fingerprint density at radius 2 is 2.56 bits per heavy atom. The second-order valence-corrected chi connectivity index (χ2v) is 3.50. The summed E-state index contributed by atoms with van der Waals surface area (Å²) in [6.45, 7) is 2.26. The van der Waals surface area contributed by atoms with E-state index in [1.54, 1.807) is 0 Å². The molecule has 1 aliphatic heterocycles. The first-order valence-corrected chi connectivity index (χ1v) is 4.76. The van der Waals surface area contributed by atoms with Crippen molar-refractivity contribution in [3.8, 4) is 0 Å². The van der Waals surface area contributed by atoms with Crippen molar-refractivity contribution in [3.63, 3.8) is 0 Å². The van der Waals surface area contributed by atoms with Gasteiger partial charge >= 0.3 is 0 Å². The van der Waals surface area contributed by atoms with Crippen LogP contribution in [0, 0.1) is 5.92 Å². The van der Waals surface area contributed by atoms with Crippen molar-refractivity contribution in [2.75, 3.05) is 5.75 Å². The minimum Gasteiger partial charge on any atom is -0.134 e. The monoisotopic (exact) mass is 142 g/mol. The Bertz CT molecular complexity index is 96.7. The van der Waals surface area contributed by atoms with E-state index >= 15 is 0 Å². The summed E-state index contributed by atoms with van der Waals surface area (Å²) in [6.07, 6.45) is 6.49. The zero-order chi connectivity index (χ0) is 6.53. The minimum absolute atomic E-state index is 0.898. The molecule has 0 saturated heterocycles. The highest BCUT2D eigenvalue weighted by atomic mass is 32.2. The normalized spacial score (nSPS) is 25.2. The highest BCUT2D eigenvalue weighted by Gasteiger charge is 2.07. The zero-order valence-corrected chi connectivity index (χ0v) is 6.79. The van der Waals surface area contributed by atoms with Gasteiger partial charge in [0, 0.05) is 5.75 Å². The summed E-state index contributed by atoms with van der Waals surface area (Å²) in [5.74, 6) is 2.23. The van der Waals surface area contributed by atoms with Gasteiger partial charge in [0.1, 0.15) is 0 Å². The van der Waals surface area contributed by atoms with E-state index in [-0.39, 0.29) is 0 Å². The zero-order valence-electron chi connectivity index (χ0n) is 5.97. The lowest BCUT2D eigenvalue weighted by Gasteiger charge is -2.02. The van der Waals surface area contributed by atoms with Crippen LogP contribution >= 0.6 is 11.8 Å². The molecule has 1 heteroatoms. The molecule has 0 nitrogen and oxygen atoms in total. The van der Waals surface area contributed by atoms with Crippen LogP contribution in [-0.4, -0.2) is 5.75 Å². The third-order valence-electron chi connectivity index (χ3n) is 1.69. The van der Waals surface area contributed by atoms with Crippen molar-refractivity contribution in [1.82, 2.24) is 0 Å². The number of hydrogen-bond donors (Lipinski definition) is 0. The lowest BCUT2D eigenvalue weighted by Crippen LogP contribution is -1.94. The largest absolute Gasteiger partial charge is 0.134 e. The van der Waals surface area contributed by atoms with Crippen LogP contribution < -0.4 is 0 Å². The maximum absolute atomic E-state index is 2.35. The van der Waals surface area contributed by atoms with Crippen molar-refractivity contribution >= 4 is 11.8 Å². The van der Waals surface area contributed by atoms with E-state index in [1.807, 2.05) is 11.8 Å². The molecule has 1 atom stereocenters. The lowest BCUT2D eigenvalue weighted by molar-refractivity contribution is 0.610. The Kier molecular flexibility index (Phi) is 3.20. The smallest absolute Gasteiger partial charge is 0.00373 e. The van der Waals surface area contributed by atoms with Gasteiger partial charge in [-0.2, -0.15) is 0 Å². The molecule has 0 aromatic carbocycles. The fourth-order valence-electron chi connectivity index (χ4n) is 1.05. The van der Waals surface area contributed by atoms with E-state index in [0.717, 1.165) is 5.92 Å². The highest BCUT2D eigenvalue weighted by molar-refractivity contribution is 8.02. The molecule has 1 unspecified atom stereocenters. The van der Waals surface area contributed by atoms with Crippen LogP contribution in [0.5, 0.6) is 0 Å². The number of allylic oxidation sites excluding steroid dienone is 1. The first-order chi connectivity index (χ1) is 4.43. The summed E-state index contributed by atoms with van der Waals surface area (Å²) in [5, 5.41) is 2.24. The third kappa shape index (κ3) is 2.44. The molecular formula is C8H14S. The Labute approximate surface area is 61.7 Å². The maximum Gasteiger partial charge on any atom is 0.00373 e. The van der Waals surface area contributed by atoms with E-state index in [0.29, 0.717) is 0 Å². The van der Waals surface area contributed by atoms with Crippen molar-refractivity contribution in [1.29, 1.82) is 0 Å². The number of hydrogen-bond acceptors (Lipinski definition) is 1. The molecule has 0 aromatic heterocycles. The van der Waals surface area contributed by atoms with Crippen LogP contribution in [0.4, 0.5) is 0 Å². The Morgan fingerprint density at radius 3 is 3.11 bits per heavy atom. The SMILES string of the molecule is CCCCC1C=CSC1. The van der Waals surface area contributed by atoms with Gasteiger partial charge < -0.3 is 0 Å². The van der Waals surface area contributed by atoms with Crippen molar-refractivity contribution in [2.45, 2.75) is 26.2 Å². The Morgan fingerprint density at radius 1 is 1.67 bits per heavy atom. The molecule has 0 bridgehead atoms. The van der Waals surface area contributed by atoms with Crippen LogP contribution in [0.3, 0.4) is 0 Å². The molecule has 0 spiro atoms. The molecule has 52 valence electrons. The van der Waals surface area contributed by atoms with Crippen molar-refractivity contribution in [3.05, 3.63) is 11.5 Å². The predicted molar refractivity (Wildman–Crippen MR) is 44.6 cm³/mol. The second kappa shape index (κ2) is 3.99. The topological polar surface area (TPSA) is 0 Å². The average molecular weight is 142 g/mol. The molecule has 0 radical (unpaired) electrons. The average Bonchev–Trinajstić information content (AvgIpc) is 2.34. The third-order valence-corrected chi connectivity index (χ3v) is 2.66. The van der Waals surface area contributed by atoms with Crippen molar-refractivity contribution < 1.29 is 0 Å². The van der Waals surface area contributed by atoms with Crippen LogP contribution in [0.1, 0.15) is 26.2 Å². The summed E-state index contributed by atoms with van der Waals surface area (Å²) in [7, 11) is 0. The summed E-state index contributed by atoms with van der Waals surface area (Å²) in [5.41, 5.74) is 0. The van der Waals surface area contributed by atoms with Crippen LogP contribution in [0.25, 0.3) is 0 Å². The van der Waals surface area contributed by atoms with Crippen molar-refractivity contribution in [2.24, 2.45) is 5.92 Å². The molecule has 0 aromatic rings. The van der Waals surface area contributed by atoms with Crippen LogP contribution in [0.15, 0.2) is 11.5 Å². The first-order valence-electron chi connectivity index (χ1n) is 3.71. The lowest BCUT2D eigenvalue weighted by atomic mass is 10.1. The van der Waals surface area contributed by atoms with E-state index < -0.39 is 0 Å². The number of unbranched alkanes of at least 4 members (excludes halogenated alkanes) is 1. The molecule has 0 aliphatic carbocycles. The van der Waals surface area contributed by atoms with E-state index in [9.17, 15) is 0 Å². The van der Waals surface area contributed by atoms with E-state index in [4.69, 9.17) is 0 Å². The van der Waals surface area contributed by atoms with E-state index in [2.05, 4.69) is 18.4 Å². The number of thioether (sulfide) groups is 1. The van der Waals surface area contributed by atoms with Gasteiger partial charge in [-0.3, -0.25) is 0 Å². The van der Waals surface area contributed by atoms with E-state index in [1.165, 1.54) is 25.0 Å². The van der Waals surface area contributed by atoms with Crippen LogP contribution in [-0.2, 0) is 0 Å². The molecule has 1 aliphatic rings. The minimum atomic E-state index is 0.898. The van der Waals surface area contributed by atoms with Gasteiger partial charge in [-0.25, -0.2) is 0 Å². The van der Waals surface area contributed by atoms with Crippen LogP contribution in [0.2, 0.25) is 0 Å². The highest BCUT2D eigenvalue weighted by Crippen LogP contribution is 2.24. The summed E-state index contributed by atoms with van der Waals surface area (Å²) in [6, 6.07) is 0. The van der Waals surface area contributed by atoms with Gasteiger partial charge in [0.05, 0.1) is 0 Å². The fraction of sp³-hybridized carbons (Fsp3) is 0.750. The first kappa shape index (κ1) is 7.20. The van der Waals surface area contributed by atoms with Gasteiger partial charge in [0.15, 0.2) is 0 Å². The maximum atomic E-state index is 2.35. The van der Waals surface area contributed by atoms with Gasteiger partial charge in [0.25, 0.3) is 0 Å². The molecule has 0 N–H and O–H groups in total. The Hall–Kier alpha value is 0.0900. The standard InChI is InChI=1S/C8H14S/c1-2-3-4-8-5-6-9-7-8/h5-6,8H,2-4,7H2,1H3. The molecule has 0 amide bonds. The fourth-order valence-corrected chi connectivity index (χ4v) is 2.02. The summed E-state index contributed by atoms with van der Waals surface area (Å²) < 4.78 is 0. The Balaban J connectivity index is 2.05. The van der Waals surface area contributed by atoms with Gasteiger partial charge in [-0.15, -0.1) is 11.8 Å². The second-order valence-electron chi connectivity index (χ2n) is 2.56. The summed E-state index contributed by atoms with van der Waals surface area (Å²) in [4.78, 5) is 0. The van der Waals surface area contributed by atoms with Gasteiger partial charge in [0.2, 0.25) is 0 Å². The molecule has 0 fully saturated rings. The quantitative estimate of drug-likeness (QED) is 0.583. The van der Waals surface area contributed by atoms with Gasteiger partial charge in [-0.05, 0) is 17.7 Å². The molecule has 1 heterocycles. The molecular weight excluding hydrogens is 128 g/mol. The number of rotatable bonds is 3. The molecule has 1 rings (SSSR count). The van der Waals surface area contributed by atoms with Gasteiger partial charge in [-0.1, -0.05) is 25.8 Å². The molecule has 9 heavy (non-hydrogen) atoms. The predicted octanol–water partition coefficient (Wildman–Crippen LogP) is 3.05.